The number of fused-ring (bicyclic) bond motifs is 12. The number of nitrogens with zero attached hydrogens (tertiary/aromatic N) is 2. The first-order valence-electron chi connectivity index (χ1n) is 25.6. The predicted octanol–water partition coefficient (Wildman–Crippen LogP) is 19.1. The first-order valence-corrected chi connectivity index (χ1v) is 25.6. The second-order valence-corrected chi connectivity index (χ2v) is 20.3. The first-order chi connectivity index (χ1) is 36.5. The molecule has 74 heavy (non-hydrogen) atoms. The van der Waals surface area contributed by atoms with Crippen molar-refractivity contribution in [1.82, 2.24) is 0 Å². The van der Waals surface area contributed by atoms with Gasteiger partial charge in [0.1, 0.15) is 22.3 Å². The number of furan rings is 2. The van der Waals surface area contributed by atoms with Crippen molar-refractivity contribution in [3.8, 4) is 22.3 Å². The van der Waals surface area contributed by atoms with Crippen molar-refractivity contribution in [3.05, 3.63) is 288 Å². The Hall–Kier alpha value is -9.38. The lowest BCUT2D eigenvalue weighted by atomic mass is 9.68. The lowest BCUT2D eigenvalue weighted by Gasteiger charge is -2.35. The highest BCUT2D eigenvalue weighted by Crippen LogP contribution is 2.61. The van der Waals surface area contributed by atoms with Gasteiger partial charge in [0.05, 0.1) is 38.9 Å². The third kappa shape index (κ3) is 5.91. The molecule has 0 radical (unpaired) electrons. The van der Waals surface area contributed by atoms with E-state index in [0.717, 1.165) is 78.0 Å². The normalized spacial score (nSPS) is 13.8. The summed E-state index contributed by atoms with van der Waals surface area (Å²) in [6.45, 7) is 4.75. The van der Waals surface area contributed by atoms with Gasteiger partial charge in [0.15, 0.2) is 0 Å². The molecular formula is C70H48N2O2. The molecule has 0 saturated carbocycles. The van der Waals surface area contributed by atoms with Gasteiger partial charge in [-0.3, -0.25) is 0 Å². The summed E-state index contributed by atoms with van der Waals surface area (Å²) in [5.74, 6) is 0. The standard InChI is InChI=1S/C70H48N2O2/c1-69(2)54-33-13-9-28-49(54)50-32-18-39-60(68(50)69)72(59-38-21-43-64-67(59)53-31-12-16-41-62(53)74-64)48-27-17-26-47(44-48)71(58-37-20-42-63-66(58)52-30-11-15-40-61(52)73-63)57-36-19-35-56-65(57)51-29-10-14-34-55(51)70(56,45-22-5-3-6-23-45)46-24-7-4-8-25-46/h3-44H,1-2H3. The van der Waals surface area contributed by atoms with Crippen LogP contribution in [0.3, 0.4) is 0 Å². The molecule has 0 fully saturated rings. The highest BCUT2D eigenvalue weighted by atomic mass is 16.3. The number of para-hydroxylation sites is 2. The van der Waals surface area contributed by atoms with Gasteiger partial charge >= 0.3 is 0 Å². The van der Waals surface area contributed by atoms with Crippen molar-refractivity contribution in [3.63, 3.8) is 0 Å². The third-order valence-electron chi connectivity index (χ3n) is 16.1. The maximum Gasteiger partial charge on any atom is 0.137 e. The van der Waals surface area contributed by atoms with Gasteiger partial charge in [-0.1, -0.05) is 202 Å². The van der Waals surface area contributed by atoms with Crippen molar-refractivity contribution >= 4 is 78.0 Å². The minimum Gasteiger partial charge on any atom is -0.456 e. The molecule has 4 heteroatoms. The molecule has 0 atom stereocenters. The van der Waals surface area contributed by atoms with E-state index in [0.29, 0.717) is 0 Å². The fourth-order valence-electron chi connectivity index (χ4n) is 13.1. The van der Waals surface area contributed by atoms with E-state index >= 15 is 0 Å². The highest BCUT2D eigenvalue weighted by Gasteiger charge is 2.47. The summed E-state index contributed by atoms with van der Waals surface area (Å²) in [6, 6.07) is 92.8. The minimum atomic E-state index is -0.590. The van der Waals surface area contributed by atoms with E-state index in [9.17, 15) is 0 Å². The van der Waals surface area contributed by atoms with Crippen LogP contribution in [0.2, 0.25) is 0 Å². The molecule has 2 aromatic heterocycles. The van der Waals surface area contributed by atoms with Crippen molar-refractivity contribution in [2.75, 3.05) is 9.80 Å². The van der Waals surface area contributed by atoms with E-state index in [1.807, 2.05) is 0 Å². The lowest BCUT2D eigenvalue weighted by molar-refractivity contribution is 0.661. The van der Waals surface area contributed by atoms with Crippen LogP contribution in [-0.4, -0.2) is 0 Å². The smallest absolute Gasteiger partial charge is 0.137 e. The molecule has 2 aliphatic rings. The molecular weight excluding hydrogens is 901 g/mol. The average Bonchev–Trinajstić information content (AvgIpc) is 4.19. The summed E-state index contributed by atoms with van der Waals surface area (Å²) in [5, 5.41) is 4.27. The highest BCUT2D eigenvalue weighted by molar-refractivity contribution is 6.16. The summed E-state index contributed by atoms with van der Waals surface area (Å²) in [4.78, 5) is 4.99. The Morgan fingerprint density at radius 1 is 0.324 bits per heavy atom. The fourth-order valence-corrected chi connectivity index (χ4v) is 13.1. The molecule has 4 nitrogen and oxygen atoms in total. The summed E-state index contributed by atoms with van der Waals surface area (Å²) in [7, 11) is 0. The van der Waals surface area contributed by atoms with Crippen LogP contribution in [0.5, 0.6) is 0 Å². The molecule has 0 unspecified atom stereocenters. The molecule has 0 bridgehead atoms. The molecule has 0 N–H and O–H groups in total. The van der Waals surface area contributed by atoms with E-state index in [1.165, 1.54) is 55.6 Å². The fraction of sp³-hybridized carbons (Fsp3) is 0.0571. The van der Waals surface area contributed by atoms with Crippen LogP contribution < -0.4 is 9.80 Å². The summed E-state index contributed by atoms with van der Waals surface area (Å²) >= 11 is 0. The molecule has 0 spiro atoms. The van der Waals surface area contributed by atoms with Gasteiger partial charge in [-0.05, 0) is 117 Å². The Morgan fingerprint density at radius 3 is 1.39 bits per heavy atom. The summed E-state index contributed by atoms with van der Waals surface area (Å²) in [5.41, 5.74) is 21.3. The SMILES string of the molecule is CC1(C)c2ccccc2-c2cccc(N(c3cccc(N(c4cccc5c4-c4ccccc4C5(c4ccccc4)c4ccccc4)c4cccc5oc6ccccc6c45)c3)c3cccc4oc5ccccc5c34)c21. The Bertz CT molecular complexity index is 4330. The molecule has 15 rings (SSSR count). The van der Waals surface area contributed by atoms with E-state index in [1.54, 1.807) is 0 Å². The molecule has 350 valence electrons. The van der Waals surface area contributed by atoms with Crippen LogP contribution in [0.25, 0.3) is 66.1 Å². The number of rotatable bonds is 8. The third-order valence-corrected chi connectivity index (χ3v) is 16.1. The van der Waals surface area contributed by atoms with Gasteiger partial charge in [0.25, 0.3) is 0 Å². The van der Waals surface area contributed by atoms with E-state index in [-0.39, 0.29) is 5.41 Å². The van der Waals surface area contributed by atoms with Gasteiger partial charge < -0.3 is 18.6 Å². The van der Waals surface area contributed by atoms with Crippen LogP contribution in [-0.2, 0) is 10.8 Å². The lowest BCUT2D eigenvalue weighted by Crippen LogP contribution is -2.28. The monoisotopic (exact) mass is 948 g/mol. The topological polar surface area (TPSA) is 32.8 Å². The quantitative estimate of drug-likeness (QED) is 0.152. The van der Waals surface area contributed by atoms with E-state index in [2.05, 4.69) is 278 Å². The molecule has 2 aliphatic carbocycles. The number of benzene rings is 11. The van der Waals surface area contributed by atoms with E-state index < -0.39 is 5.41 Å². The van der Waals surface area contributed by atoms with Gasteiger partial charge in [0, 0.05) is 33.1 Å². The Kier molecular flexibility index (Phi) is 9.19. The van der Waals surface area contributed by atoms with E-state index in [4.69, 9.17) is 8.83 Å². The number of hydrogen-bond acceptors (Lipinski definition) is 4. The Morgan fingerprint density at radius 2 is 0.757 bits per heavy atom. The first kappa shape index (κ1) is 42.3. The average molecular weight is 949 g/mol. The second kappa shape index (κ2) is 16.1. The second-order valence-electron chi connectivity index (χ2n) is 20.3. The van der Waals surface area contributed by atoms with Crippen molar-refractivity contribution < 1.29 is 8.83 Å². The minimum absolute atomic E-state index is 0.295. The summed E-state index contributed by atoms with van der Waals surface area (Å²) < 4.78 is 13.4. The predicted molar refractivity (Wildman–Crippen MR) is 305 cm³/mol. The van der Waals surface area contributed by atoms with Crippen LogP contribution in [0.4, 0.5) is 34.1 Å². The van der Waals surface area contributed by atoms with Gasteiger partial charge in [-0.25, -0.2) is 0 Å². The van der Waals surface area contributed by atoms with Crippen molar-refractivity contribution in [1.29, 1.82) is 0 Å². The van der Waals surface area contributed by atoms with Crippen molar-refractivity contribution in [2.45, 2.75) is 24.7 Å². The maximum absolute atomic E-state index is 6.70. The Balaban J connectivity index is 1.04. The zero-order chi connectivity index (χ0) is 49.1. The van der Waals surface area contributed by atoms with Gasteiger partial charge in [-0.2, -0.15) is 0 Å². The molecule has 0 amide bonds. The van der Waals surface area contributed by atoms with Gasteiger partial charge in [0.2, 0.25) is 0 Å². The number of anilines is 6. The zero-order valence-electron chi connectivity index (χ0n) is 41.0. The van der Waals surface area contributed by atoms with Crippen LogP contribution in [0, 0.1) is 0 Å². The molecule has 0 saturated heterocycles. The van der Waals surface area contributed by atoms with Crippen molar-refractivity contribution in [2.24, 2.45) is 0 Å². The maximum atomic E-state index is 6.70. The molecule has 11 aromatic carbocycles. The molecule has 0 aliphatic heterocycles. The van der Waals surface area contributed by atoms with Crippen LogP contribution in [0.1, 0.15) is 47.2 Å². The molecule has 13 aromatic rings. The van der Waals surface area contributed by atoms with Crippen LogP contribution in [0.15, 0.2) is 264 Å². The van der Waals surface area contributed by atoms with Gasteiger partial charge in [-0.15, -0.1) is 0 Å². The zero-order valence-corrected chi connectivity index (χ0v) is 41.0. The largest absolute Gasteiger partial charge is 0.456 e. The van der Waals surface area contributed by atoms with Crippen LogP contribution >= 0.6 is 0 Å². The summed E-state index contributed by atoms with van der Waals surface area (Å²) in [6.07, 6.45) is 0. The Labute approximate surface area is 429 Å². The number of hydrogen-bond donors (Lipinski definition) is 0. The molecule has 2 heterocycles.